The number of nitrogens with zero attached hydrogens (tertiary/aromatic N) is 1. The molecule has 168 valence electrons. The quantitative estimate of drug-likeness (QED) is 0.522. The summed E-state index contributed by atoms with van der Waals surface area (Å²) in [7, 11) is 0.629. The van der Waals surface area contributed by atoms with Crippen LogP contribution in [0.3, 0.4) is 0 Å². The van der Waals surface area contributed by atoms with Crippen molar-refractivity contribution < 1.29 is 22.7 Å². The van der Waals surface area contributed by atoms with E-state index in [2.05, 4.69) is 5.32 Å². The molecule has 32 heavy (non-hydrogen) atoms. The maximum Gasteiger partial charge on any atom is 0.259 e. The number of hydrogen-bond acceptors (Lipinski definition) is 5. The largest absolute Gasteiger partial charge is 0.495 e. The Morgan fingerprint density at radius 2 is 1.69 bits per heavy atom. The molecule has 0 atom stereocenters. The first-order valence-corrected chi connectivity index (χ1v) is 11.4. The predicted octanol–water partition coefficient (Wildman–Crippen LogP) is 4.43. The maximum absolute atomic E-state index is 13.0. The van der Waals surface area contributed by atoms with Gasteiger partial charge in [0.15, 0.2) is 0 Å². The number of rotatable bonds is 8. The van der Waals surface area contributed by atoms with E-state index in [1.807, 2.05) is 12.1 Å². The van der Waals surface area contributed by atoms with Crippen LogP contribution in [0.25, 0.3) is 0 Å². The van der Waals surface area contributed by atoms with Crippen LogP contribution in [0.2, 0.25) is 5.02 Å². The fraction of sp³-hybridized carbons (Fsp3) is 0.174. The van der Waals surface area contributed by atoms with Gasteiger partial charge in [-0.3, -0.25) is 4.79 Å². The van der Waals surface area contributed by atoms with Gasteiger partial charge in [-0.15, -0.1) is 0 Å². The Bertz CT molecular complexity index is 1210. The van der Waals surface area contributed by atoms with Crippen LogP contribution < -0.4 is 14.8 Å². The Morgan fingerprint density at radius 3 is 2.34 bits per heavy atom. The van der Waals surface area contributed by atoms with Crippen LogP contribution in [-0.2, 0) is 16.6 Å². The molecule has 0 saturated heterocycles. The highest BCUT2D eigenvalue weighted by molar-refractivity contribution is 7.89. The highest BCUT2D eigenvalue weighted by Gasteiger charge is 2.21. The molecule has 0 saturated carbocycles. The molecule has 0 aliphatic heterocycles. The van der Waals surface area contributed by atoms with Crippen molar-refractivity contribution in [3.63, 3.8) is 0 Å². The lowest BCUT2D eigenvalue weighted by atomic mass is 10.1. The third-order valence-electron chi connectivity index (χ3n) is 4.64. The number of carbonyl (C=O) groups is 1. The monoisotopic (exact) mass is 474 g/mol. The van der Waals surface area contributed by atoms with E-state index in [4.69, 9.17) is 21.1 Å². The Labute approximate surface area is 192 Å². The summed E-state index contributed by atoms with van der Waals surface area (Å²) in [5.74, 6) is 0.251. The number of anilines is 1. The van der Waals surface area contributed by atoms with Crippen molar-refractivity contribution in [3.05, 3.63) is 82.9 Å². The van der Waals surface area contributed by atoms with E-state index in [0.29, 0.717) is 22.1 Å². The second kappa shape index (κ2) is 10.0. The molecule has 3 aromatic rings. The van der Waals surface area contributed by atoms with Crippen LogP contribution in [0.1, 0.15) is 15.9 Å². The summed E-state index contributed by atoms with van der Waals surface area (Å²) >= 11 is 5.91. The van der Waals surface area contributed by atoms with E-state index >= 15 is 0 Å². The molecule has 0 aliphatic rings. The summed E-state index contributed by atoms with van der Waals surface area (Å²) in [6.07, 6.45) is 0. The molecule has 0 aliphatic carbocycles. The number of benzene rings is 3. The van der Waals surface area contributed by atoms with Gasteiger partial charge in [0.2, 0.25) is 10.0 Å². The molecule has 0 aromatic heterocycles. The van der Waals surface area contributed by atoms with Crippen LogP contribution in [0.4, 0.5) is 5.69 Å². The van der Waals surface area contributed by atoms with E-state index in [-0.39, 0.29) is 17.2 Å². The van der Waals surface area contributed by atoms with Gasteiger partial charge in [0.1, 0.15) is 18.1 Å². The third-order valence-corrected chi connectivity index (χ3v) is 6.70. The lowest BCUT2D eigenvalue weighted by Crippen LogP contribution is -2.22. The highest BCUT2D eigenvalue weighted by atomic mass is 35.5. The van der Waals surface area contributed by atoms with Gasteiger partial charge < -0.3 is 14.8 Å². The van der Waals surface area contributed by atoms with Crippen molar-refractivity contribution in [3.8, 4) is 11.5 Å². The van der Waals surface area contributed by atoms with Gasteiger partial charge in [-0.25, -0.2) is 12.7 Å². The minimum atomic E-state index is -3.68. The van der Waals surface area contributed by atoms with Crippen molar-refractivity contribution in [2.45, 2.75) is 11.5 Å². The molecular weight excluding hydrogens is 452 g/mol. The predicted molar refractivity (Wildman–Crippen MR) is 124 cm³/mol. The van der Waals surface area contributed by atoms with E-state index in [1.54, 1.807) is 36.4 Å². The third kappa shape index (κ3) is 5.40. The molecule has 0 spiro atoms. The molecule has 1 N–H and O–H groups in total. The zero-order chi connectivity index (χ0) is 23.3. The average molecular weight is 475 g/mol. The Balaban J connectivity index is 1.85. The summed E-state index contributed by atoms with van der Waals surface area (Å²) in [5, 5.41) is 3.36. The smallest absolute Gasteiger partial charge is 0.259 e. The van der Waals surface area contributed by atoms with Crippen molar-refractivity contribution in [1.82, 2.24) is 4.31 Å². The Hall–Kier alpha value is -3.07. The number of para-hydroxylation sites is 1. The first kappa shape index (κ1) is 23.6. The molecule has 0 heterocycles. The van der Waals surface area contributed by atoms with Gasteiger partial charge in [0.25, 0.3) is 5.91 Å². The average Bonchev–Trinajstić information content (AvgIpc) is 2.78. The fourth-order valence-electron chi connectivity index (χ4n) is 2.87. The van der Waals surface area contributed by atoms with Gasteiger partial charge in [-0.05, 0) is 48.0 Å². The molecule has 0 unspecified atom stereocenters. The number of methoxy groups -OCH3 is 1. The molecule has 7 nitrogen and oxygen atoms in total. The summed E-state index contributed by atoms with van der Waals surface area (Å²) < 4.78 is 37.2. The standard InChI is InChI=1S/C23H23ClN2O5S/c1-26(2)32(28,29)18-12-13-22(30-3)20(14-18)25-23(27)19-6-4-5-7-21(19)31-15-16-8-10-17(24)11-9-16/h4-14H,15H2,1-3H3,(H,25,27). The topological polar surface area (TPSA) is 84.9 Å². The van der Waals surface area contributed by atoms with Crippen LogP contribution in [0.15, 0.2) is 71.6 Å². The van der Waals surface area contributed by atoms with Crippen LogP contribution in [0, 0.1) is 0 Å². The summed E-state index contributed by atoms with van der Waals surface area (Å²) in [5.41, 5.74) is 1.42. The zero-order valence-corrected chi connectivity index (χ0v) is 19.4. The SMILES string of the molecule is COc1ccc(S(=O)(=O)N(C)C)cc1NC(=O)c1ccccc1OCc1ccc(Cl)cc1. The van der Waals surface area contributed by atoms with Gasteiger partial charge in [-0.2, -0.15) is 0 Å². The number of sulfonamides is 1. The minimum absolute atomic E-state index is 0.0332. The van der Waals surface area contributed by atoms with E-state index in [9.17, 15) is 13.2 Å². The molecule has 1 amide bonds. The molecule has 3 aromatic carbocycles. The number of hydrogen-bond donors (Lipinski definition) is 1. The summed E-state index contributed by atoms with van der Waals surface area (Å²) in [6, 6.07) is 18.3. The van der Waals surface area contributed by atoms with Crippen LogP contribution >= 0.6 is 11.6 Å². The normalized spacial score (nSPS) is 11.3. The van der Waals surface area contributed by atoms with Crippen molar-refractivity contribution in [2.75, 3.05) is 26.5 Å². The lowest BCUT2D eigenvalue weighted by molar-refractivity contribution is 0.102. The molecule has 0 bridgehead atoms. The van der Waals surface area contributed by atoms with Crippen molar-refractivity contribution >= 4 is 33.2 Å². The maximum atomic E-state index is 13.0. The first-order valence-electron chi connectivity index (χ1n) is 9.60. The van der Waals surface area contributed by atoms with Crippen LogP contribution in [0.5, 0.6) is 11.5 Å². The van der Waals surface area contributed by atoms with E-state index in [1.165, 1.54) is 39.4 Å². The van der Waals surface area contributed by atoms with Crippen LogP contribution in [-0.4, -0.2) is 39.8 Å². The molecular formula is C23H23ClN2O5S. The Morgan fingerprint density at radius 1 is 1.00 bits per heavy atom. The number of carbonyl (C=O) groups excluding carboxylic acids is 1. The summed E-state index contributed by atoms with van der Waals surface area (Å²) in [4.78, 5) is 13.1. The van der Waals surface area contributed by atoms with Crippen molar-refractivity contribution in [1.29, 1.82) is 0 Å². The number of halogens is 1. The van der Waals surface area contributed by atoms with Gasteiger partial charge >= 0.3 is 0 Å². The highest BCUT2D eigenvalue weighted by Crippen LogP contribution is 2.30. The number of amides is 1. The molecule has 0 fully saturated rings. The first-order chi connectivity index (χ1) is 15.2. The van der Waals surface area contributed by atoms with Gasteiger partial charge in [0, 0.05) is 19.1 Å². The lowest BCUT2D eigenvalue weighted by Gasteiger charge is -2.16. The Kier molecular flexibility index (Phi) is 7.40. The number of nitrogens with one attached hydrogen (secondary N) is 1. The number of ether oxygens (including phenoxy) is 2. The second-order valence-electron chi connectivity index (χ2n) is 7.01. The van der Waals surface area contributed by atoms with Gasteiger partial charge in [-0.1, -0.05) is 35.9 Å². The van der Waals surface area contributed by atoms with Crippen molar-refractivity contribution in [2.24, 2.45) is 0 Å². The molecule has 0 radical (unpaired) electrons. The minimum Gasteiger partial charge on any atom is -0.495 e. The van der Waals surface area contributed by atoms with E-state index in [0.717, 1.165) is 9.87 Å². The van der Waals surface area contributed by atoms with E-state index < -0.39 is 15.9 Å². The van der Waals surface area contributed by atoms with Gasteiger partial charge in [0.05, 0.1) is 23.3 Å². The molecule has 3 rings (SSSR count). The zero-order valence-electron chi connectivity index (χ0n) is 17.8. The second-order valence-corrected chi connectivity index (χ2v) is 9.60. The molecule has 9 heteroatoms. The summed E-state index contributed by atoms with van der Waals surface area (Å²) in [6.45, 7) is 0.251. The fourth-order valence-corrected chi connectivity index (χ4v) is 3.92.